The first-order valence-electron chi connectivity index (χ1n) is 33.6. The number of rotatable bonds is 27. The number of carbonyl (C=O) groups is 2. The molecule has 1 aliphatic heterocycles. The molecular formula is C75H108BrCl6N4O11P. The second kappa shape index (κ2) is 56.9. The number of aryl methyl sites for hydroxylation is 4. The third-order valence-corrected chi connectivity index (χ3v) is 15.9. The fraction of sp³-hybridized carbons (Fsp3) is 0.493. The Kier molecular flexibility index (Phi) is 53.1. The average molecular weight is 1570 g/mol. The normalized spacial score (nSPS) is 12.3. The molecule has 0 spiro atoms. The topological polar surface area (TPSA) is 169 Å². The Morgan fingerprint density at radius 1 is 0.663 bits per heavy atom. The minimum absolute atomic E-state index is 0.194. The van der Waals surface area contributed by atoms with Crippen molar-refractivity contribution in [1.82, 2.24) is 14.1 Å². The molecule has 9 rings (SSSR count). The van der Waals surface area contributed by atoms with Gasteiger partial charge in [0.25, 0.3) is 0 Å². The van der Waals surface area contributed by atoms with Crippen molar-refractivity contribution in [2.45, 2.75) is 170 Å². The van der Waals surface area contributed by atoms with Gasteiger partial charge in [-0.3, -0.25) is 4.79 Å². The van der Waals surface area contributed by atoms with Gasteiger partial charge in [0.1, 0.15) is 47.3 Å². The summed E-state index contributed by atoms with van der Waals surface area (Å²) in [6, 6.07) is 37.2. The first-order valence-corrected chi connectivity index (χ1v) is 40.2. The highest BCUT2D eigenvalue weighted by molar-refractivity contribution is 9.10. The van der Waals surface area contributed by atoms with E-state index in [-0.39, 0.29) is 22.2 Å². The van der Waals surface area contributed by atoms with Crippen LogP contribution in [-0.4, -0.2) is 103 Å². The van der Waals surface area contributed by atoms with Crippen molar-refractivity contribution in [3.8, 4) is 23.0 Å². The van der Waals surface area contributed by atoms with Crippen molar-refractivity contribution >= 4 is 141 Å². The van der Waals surface area contributed by atoms with Crippen LogP contribution in [0.15, 0.2) is 122 Å². The van der Waals surface area contributed by atoms with Crippen molar-refractivity contribution in [3.63, 3.8) is 0 Å². The van der Waals surface area contributed by atoms with Crippen LogP contribution in [0.4, 0.5) is 5.69 Å². The lowest BCUT2D eigenvalue weighted by atomic mass is 10.00. The maximum atomic E-state index is 10.7. The predicted molar refractivity (Wildman–Crippen MR) is 420 cm³/mol. The number of hydrogen-bond donors (Lipinski definition) is 2. The second-order valence-corrected chi connectivity index (χ2v) is 28.7. The Labute approximate surface area is 623 Å². The predicted octanol–water partition coefficient (Wildman–Crippen LogP) is 23.0. The molecule has 0 bridgehead atoms. The molecule has 8 aromatic rings. The van der Waals surface area contributed by atoms with E-state index < -0.39 is 5.98 Å². The molecule has 3 atom stereocenters. The third kappa shape index (κ3) is 33.4. The number of H-pyrrole nitrogens is 1. The Balaban J connectivity index is 0.000000590. The fourth-order valence-electron chi connectivity index (χ4n) is 10.5. The van der Waals surface area contributed by atoms with Gasteiger partial charge in [-0.1, -0.05) is 182 Å². The Bertz CT molecular complexity index is 3330. The monoisotopic (exact) mass is 1560 g/mol. The summed E-state index contributed by atoms with van der Waals surface area (Å²) in [5.74, 6) is 2.79. The van der Waals surface area contributed by atoms with E-state index in [0.29, 0.717) is 63.7 Å². The number of anilines is 1. The first-order chi connectivity index (χ1) is 47.5. The molecular weight excluding hydrogens is 1460 g/mol. The number of fused-ring (bicyclic) bond motifs is 5. The second-order valence-electron chi connectivity index (χ2n) is 21.5. The summed E-state index contributed by atoms with van der Waals surface area (Å²) in [5.41, 5.74) is 16.7. The molecule has 0 radical (unpaired) electrons. The molecule has 3 aromatic heterocycles. The first kappa shape index (κ1) is 91.4. The molecule has 0 aliphatic carbocycles. The number of unbranched alkanes of at least 4 members (excludes halogenated alkanes) is 2. The average Bonchev–Trinajstić information content (AvgIpc) is 1.60. The smallest absolute Gasteiger partial charge is 0.319 e. The Morgan fingerprint density at radius 2 is 1.20 bits per heavy atom. The molecule has 98 heavy (non-hydrogen) atoms. The highest BCUT2D eigenvalue weighted by atomic mass is 79.9. The highest BCUT2D eigenvalue weighted by Gasteiger charge is 2.28. The third-order valence-electron chi connectivity index (χ3n) is 14.9. The molecule has 0 amide bonds. The summed E-state index contributed by atoms with van der Waals surface area (Å²) < 4.78 is 31.8. The number of nitrogens with zero attached hydrogens (tertiary/aromatic N) is 2. The number of aldehydes is 1. The summed E-state index contributed by atoms with van der Waals surface area (Å²) in [6.07, 6.45) is 18.4. The van der Waals surface area contributed by atoms with Crippen molar-refractivity contribution in [2.24, 2.45) is 0 Å². The number of aromatic amines is 1. The van der Waals surface area contributed by atoms with E-state index in [1.807, 2.05) is 89.2 Å². The van der Waals surface area contributed by atoms with Crippen LogP contribution in [0.25, 0.3) is 32.7 Å². The molecule has 1 aliphatic rings. The van der Waals surface area contributed by atoms with Gasteiger partial charge in [-0.25, -0.2) is 19.6 Å². The van der Waals surface area contributed by atoms with Crippen molar-refractivity contribution in [3.05, 3.63) is 150 Å². The lowest BCUT2D eigenvalue weighted by Crippen LogP contribution is -2.22. The molecule has 15 nitrogen and oxygen atoms in total. The van der Waals surface area contributed by atoms with Gasteiger partial charge in [-0.2, -0.15) is 0 Å². The van der Waals surface area contributed by atoms with Crippen LogP contribution in [0.1, 0.15) is 160 Å². The molecule has 0 saturated carbocycles. The zero-order valence-electron chi connectivity index (χ0n) is 59.8. The lowest BCUT2D eigenvalue weighted by molar-refractivity contribution is -0.278. The van der Waals surface area contributed by atoms with Crippen molar-refractivity contribution < 1.29 is 52.8 Å². The van der Waals surface area contributed by atoms with E-state index in [1.54, 1.807) is 14.2 Å². The summed E-state index contributed by atoms with van der Waals surface area (Å²) in [5, 5.41) is 4.07. The standard InChI is InChI=1S/C19H29NO3.C18H25NO3.C12H15NO.C8H11NO.C7H8.C6H10BrClO2.C4H8O.CH2Cl2.Cl3P/c1-5-8-10-16(14-23-21-4)20-13-15(6-2)17-11-9-12-18(19(17)20)22-7-3;1-4-14-15-9-7-11-17(21-5-2)18(15)19-13(12-22-20-3)8-6-10-16(14)19;1-3-9-8-13-12-10(9)6-5-7-11(12)14-4-2;1-2-10-8-6-4-3-5-7(8)9;1-7-5-3-2-4-6-7;1-10-6(9)5(7)3-2-4-8;1-2-3-4-5;2-1-3;1-4(2)3/h9,11-13,16H,5-8,10,14H2,1-4H3;7,9,11,13H,4-6,8,10,12H2,1-3H3;5-8,13H,3-4H2,1-2H3;3-6H,2,9H2,1H3;2-6H,1H3;5H,2-4H2,1H3;4H,2-3H2,1H3;1H2;. The summed E-state index contributed by atoms with van der Waals surface area (Å²) >= 11 is 32.7. The van der Waals surface area contributed by atoms with E-state index in [0.717, 1.165) is 99.0 Å². The number of nitrogen functional groups attached to an aromatic ring is 1. The summed E-state index contributed by atoms with van der Waals surface area (Å²) in [7, 11) is 4.51. The van der Waals surface area contributed by atoms with Crippen LogP contribution < -0.4 is 24.7 Å². The van der Waals surface area contributed by atoms with Crippen LogP contribution in [-0.2, 0) is 59.6 Å². The fourth-order valence-corrected chi connectivity index (χ4v) is 11.1. The van der Waals surface area contributed by atoms with E-state index in [1.165, 1.54) is 75.1 Å². The van der Waals surface area contributed by atoms with Gasteiger partial charge in [-0.15, -0.1) is 34.8 Å². The van der Waals surface area contributed by atoms with Gasteiger partial charge in [0.05, 0.1) is 87.4 Å². The van der Waals surface area contributed by atoms with Gasteiger partial charge >= 0.3 is 5.97 Å². The maximum Gasteiger partial charge on any atom is 0.319 e. The molecule has 548 valence electrons. The van der Waals surface area contributed by atoms with Gasteiger partial charge in [0, 0.05) is 46.5 Å². The number of ether oxygens (including phenoxy) is 5. The van der Waals surface area contributed by atoms with Gasteiger partial charge in [-0.05, 0) is 146 Å². The van der Waals surface area contributed by atoms with Gasteiger partial charge < -0.3 is 48.3 Å². The van der Waals surface area contributed by atoms with E-state index in [2.05, 4.69) is 136 Å². The minimum atomic E-state index is -1.20. The number of carbonyl (C=O) groups excluding carboxylic acids is 2. The maximum absolute atomic E-state index is 10.7. The number of halogens is 7. The molecule has 4 heterocycles. The molecule has 0 fully saturated rings. The van der Waals surface area contributed by atoms with E-state index in [4.69, 9.17) is 113 Å². The van der Waals surface area contributed by atoms with Crippen LogP contribution in [0.5, 0.6) is 23.0 Å². The number of benzene rings is 5. The molecule has 0 saturated heterocycles. The molecule has 3 unspecified atom stereocenters. The van der Waals surface area contributed by atoms with Crippen LogP contribution >= 0.6 is 90.4 Å². The van der Waals surface area contributed by atoms with Gasteiger partial charge in [0.2, 0.25) is 0 Å². The lowest BCUT2D eigenvalue weighted by Gasteiger charge is -2.27. The Hall–Kier alpha value is -4.65. The molecule has 5 aromatic carbocycles. The highest BCUT2D eigenvalue weighted by Crippen LogP contribution is 2.51. The van der Waals surface area contributed by atoms with Crippen LogP contribution in [0.2, 0.25) is 0 Å². The number of alkyl halides is 4. The van der Waals surface area contributed by atoms with Crippen LogP contribution in [0, 0.1) is 6.92 Å². The number of nitrogens with two attached hydrogens (primary N) is 1. The number of nitrogens with one attached hydrogen (secondary N) is 1. The molecule has 3 N–H and O–H groups in total. The number of methoxy groups -OCH3 is 1. The van der Waals surface area contributed by atoms with E-state index >= 15 is 0 Å². The zero-order chi connectivity index (χ0) is 73.0. The van der Waals surface area contributed by atoms with E-state index in [9.17, 15) is 9.59 Å². The summed E-state index contributed by atoms with van der Waals surface area (Å²) in [4.78, 5) is 43.4. The molecule has 23 heteroatoms. The number of para-hydroxylation sites is 5. The number of hydrogen-bond acceptors (Lipinski definition) is 12. The minimum Gasteiger partial charge on any atom is -0.492 e. The van der Waals surface area contributed by atoms with Crippen LogP contribution in [0.3, 0.4) is 0 Å². The van der Waals surface area contributed by atoms with Crippen molar-refractivity contribution in [2.75, 3.05) is 77.9 Å². The van der Waals surface area contributed by atoms with Crippen molar-refractivity contribution in [1.29, 1.82) is 0 Å². The quantitative estimate of drug-likeness (QED) is 0.00952. The largest absolute Gasteiger partial charge is 0.492 e. The summed E-state index contributed by atoms with van der Waals surface area (Å²) in [6.45, 7) is 24.7. The zero-order valence-corrected chi connectivity index (χ0v) is 66.8. The number of esters is 1. The SMILES string of the molecule is CCCC=O.CCCCC(COOC)n1cc(CC)c2cccc(OCC)c21.CCOc1cccc2c(CC)c3n(c12)C(COOC)CCC3.CCOc1cccc2c(CC)c[nH]c12.CCOc1ccccc1N.COC(=O)C(Br)CCCCl.Cc1ccccc1.ClCCl.ClP(Cl)Cl. The van der Waals surface area contributed by atoms with Gasteiger partial charge in [0.15, 0.2) is 5.98 Å². The number of aromatic nitrogens is 3. The Morgan fingerprint density at radius 3 is 1.70 bits per heavy atom.